The zero-order valence-electron chi connectivity index (χ0n) is 5.30. The Morgan fingerprint density at radius 1 is 1.33 bits per heavy atom. The van der Waals surface area contributed by atoms with Crippen molar-refractivity contribution in [1.29, 1.82) is 0 Å². The van der Waals surface area contributed by atoms with Crippen LogP contribution in [0.15, 0.2) is 24.3 Å². The van der Waals surface area contributed by atoms with Crippen molar-refractivity contribution in [2.24, 2.45) is 5.73 Å². The van der Waals surface area contributed by atoms with E-state index in [1.54, 1.807) is 0 Å². The molecule has 0 saturated heterocycles. The molecule has 0 spiro atoms. The predicted molar refractivity (Wildman–Crippen MR) is 43.1 cm³/mol. The molecule has 49 valence electrons. The molecule has 0 aliphatic heterocycles. The second-order valence-corrected chi connectivity index (χ2v) is 1.61. The van der Waals surface area contributed by atoms with Gasteiger partial charge in [0, 0.05) is 6.54 Å². The third kappa shape index (κ3) is 2.93. The summed E-state index contributed by atoms with van der Waals surface area (Å²) < 4.78 is 0. The van der Waals surface area contributed by atoms with Gasteiger partial charge in [-0.15, -0.1) is 0 Å². The summed E-state index contributed by atoms with van der Waals surface area (Å²) in [7, 11) is 0. The SMILES string of the molecule is NCc1cc[c]cc1.[BiH3]. The van der Waals surface area contributed by atoms with Crippen molar-refractivity contribution in [2.45, 2.75) is 6.54 Å². The van der Waals surface area contributed by atoms with E-state index < -0.39 is 0 Å². The Hall–Kier alpha value is 0.0631. The number of rotatable bonds is 1. The van der Waals surface area contributed by atoms with Crippen LogP contribution >= 0.6 is 0 Å². The van der Waals surface area contributed by atoms with Crippen molar-refractivity contribution < 1.29 is 0 Å². The van der Waals surface area contributed by atoms with Crippen molar-refractivity contribution >= 4 is 26.2 Å². The monoisotopic (exact) mass is 318 g/mol. The Morgan fingerprint density at radius 3 is 2.22 bits per heavy atom. The van der Waals surface area contributed by atoms with Crippen LogP contribution in [0.2, 0.25) is 0 Å². The molecule has 0 unspecified atom stereocenters. The molecule has 0 bridgehead atoms. The van der Waals surface area contributed by atoms with Crippen LogP contribution in [0.25, 0.3) is 0 Å². The zero-order chi connectivity index (χ0) is 5.82. The van der Waals surface area contributed by atoms with Crippen LogP contribution in [0.5, 0.6) is 0 Å². The van der Waals surface area contributed by atoms with E-state index in [9.17, 15) is 0 Å². The van der Waals surface area contributed by atoms with Crippen LogP contribution in [-0.4, -0.2) is 26.2 Å². The van der Waals surface area contributed by atoms with Gasteiger partial charge in [-0.2, -0.15) is 0 Å². The zero-order valence-corrected chi connectivity index (χ0v) is 10.8. The maximum absolute atomic E-state index is 5.34. The molecule has 0 fully saturated rings. The van der Waals surface area contributed by atoms with E-state index in [0.717, 1.165) is 5.56 Å². The summed E-state index contributed by atoms with van der Waals surface area (Å²) in [5, 5.41) is 0. The molecule has 0 amide bonds. The fraction of sp³-hybridized carbons (Fsp3) is 0.143. The quantitative estimate of drug-likeness (QED) is 0.711. The van der Waals surface area contributed by atoms with E-state index in [-0.39, 0.29) is 26.2 Å². The first kappa shape index (κ1) is 9.06. The minimum absolute atomic E-state index is 0. The fourth-order valence-corrected chi connectivity index (χ4v) is 0.557. The van der Waals surface area contributed by atoms with Crippen LogP contribution in [0.3, 0.4) is 0 Å². The summed E-state index contributed by atoms with van der Waals surface area (Å²) in [5.41, 5.74) is 6.49. The Bertz CT molecular complexity index is 150. The topological polar surface area (TPSA) is 26.0 Å². The molecule has 9 heavy (non-hydrogen) atoms. The van der Waals surface area contributed by atoms with Crippen molar-refractivity contribution in [3.8, 4) is 0 Å². The molecule has 1 nitrogen and oxygen atoms in total. The Balaban J connectivity index is 0.000000640. The molecule has 1 rings (SSSR count). The average Bonchev–Trinajstić information content (AvgIpc) is 1.90. The average molecular weight is 318 g/mol. The molecular weight excluding hydrogens is 307 g/mol. The van der Waals surface area contributed by atoms with Gasteiger partial charge in [0.2, 0.25) is 0 Å². The number of hydrogen-bond acceptors (Lipinski definition) is 1. The van der Waals surface area contributed by atoms with Gasteiger partial charge in [0.05, 0.1) is 0 Å². The minimum atomic E-state index is 0. The Kier molecular flexibility index (Phi) is 4.93. The van der Waals surface area contributed by atoms with E-state index in [1.807, 2.05) is 24.3 Å². The number of hydrogen-bond donors (Lipinski definition) is 1. The first-order valence-corrected chi connectivity index (χ1v) is 2.58. The van der Waals surface area contributed by atoms with Gasteiger partial charge in [-0.3, -0.25) is 0 Å². The van der Waals surface area contributed by atoms with Gasteiger partial charge in [-0.1, -0.05) is 24.3 Å². The predicted octanol–water partition coefficient (Wildman–Crippen LogP) is -0.238. The molecule has 0 atom stereocenters. The van der Waals surface area contributed by atoms with Gasteiger partial charge < -0.3 is 5.73 Å². The van der Waals surface area contributed by atoms with Gasteiger partial charge >= 0.3 is 26.2 Å². The molecule has 1 aromatic rings. The molecule has 0 aromatic heterocycles. The van der Waals surface area contributed by atoms with E-state index in [0.29, 0.717) is 6.54 Å². The van der Waals surface area contributed by atoms with Crippen molar-refractivity contribution in [2.75, 3.05) is 0 Å². The standard InChI is InChI=1S/C7H8N.Bi.3H/c8-6-7-4-2-1-3-5-7;;;;/h2-5H,6,8H2;;;;. The molecule has 2 N–H and O–H groups in total. The summed E-state index contributed by atoms with van der Waals surface area (Å²) in [4.78, 5) is 0. The van der Waals surface area contributed by atoms with Gasteiger partial charge in [-0.05, 0) is 11.6 Å². The van der Waals surface area contributed by atoms with Crippen molar-refractivity contribution in [3.63, 3.8) is 0 Å². The second-order valence-electron chi connectivity index (χ2n) is 1.61. The molecule has 0 aliphatic rings. The summed E-state index contributed by atoms with van der Waals surface area (Å²) in [6.45, 7) is 0.620. The summed E-state index contributed by atoms with van der Waals surface area (Å²) in [6, 6.07) is 10.6. The molecule has 0 saturated carbocycles. The summed E-state index contributed by atoms with van der Waals surface area (Å²) in [5.74, 6) is 0. The van der Waals surface area contributed by atoms with E-state index in [2.05, 4.69) is 6.07 Å². The second kappa shape index (κ2) is 4.90. The van der Waals surface area contributed by atoms with Crippen molar-refractivity contribution in [1.82, 2.24) is 0 Å². The molecular formula is C7H11BiN. The Labute approximate surface area is 74.4 Å². The van der Waals surface area contributed by atoms with Crippen LogP contribution in [0, 0.1) is 6.07 Å². The molecule has 1 radical (unpaired) electrons. The van der Waals surface area contributed by atoms with Gasteiger partial charge in [0.15, 0.2) is 0 Å². The van der Waals surface area contributed by atoms with Gasteiger partial charge in [0.25, 0.3) is 0 Å². The molecule has 0 aliphatic carbocycles. The van der Waals surface area contributed by atoms with Gasteiger partial charge in [0.1, 0.15) is 0 Å². The van der Waals surface area contributed by atoms with Crippen LogP contribution in [0.1, 0.15) is 5.56 Å². The maximum atomic E-state index is 5.34. The number of benzene rings is 1. The third-order valence-electron chi connectivity index (χ3n) is 1.02. The van der Waals surface area contributed by atoms with Gasteiger partial charge in [-0.25, -0.2) is 0 Å². The van der Waals surface area contributed by atoms with E-state index in [1.165, 1.54) is 0 Å². The van der Waals surface area contributed by atoms with Crippen LogP contribution in [0.4, 0.5) is 0 Å². The number of nitrogens with two attached hydrogens (primary N) is 1. The fourth-order valence-electron chi connectivity index (χ4n) is 0.557. The van der Waals surface area contributed by atoms with Crippen LogP contribution in [-0.2, 0) is 6.54 Å². The first-order valence-electron chi connectivity index (χ1n) is 2.58. The Morgan fingerprint density at radius 2 is 1.89 bits per heavy atom. The molecule has 1 aromatic carbocycles. The molecule has 0 heterocycles. The van der Waals surface area contributed by atoms with E-state index in [4.69, 9.17) is 5.73 Å². The van der Waals surface area contributed by atoms with E-state index >= 15 is 0 Å². The summed E-state index contributed by atoms with van der Waals surface area (Å²) in [6.07, 6.45) is 0. The van der Waals surface area contributed by atoms with Crippen molar-refractivity contribution in [3.05, 3.63) is 35.9 Å². The first-order chi connectivity index (χ1) is 3.93. The summed E-state index contributed by atoms with van der Waals surface area (Å²) >= 11 is 0. The van der Waals surface area contributed by atoms with Crippen LogP contribution < -0.4 is 5.73 Å². The normalized spacial score (nSPS) is 8.11. The molecule has 2 heteroatoms. The third-order valence-corrected chi connectivity index (χ3v) is 1.02.